The van der Waals surface area contributed by atoms with E-state index in [1.807, 2.05) is 0 Å². The van der Waals surface area contributed by atoms with Gasteiger partial charge in [-0.1, -0.05) is 49.8 Å². The lowest BCUT2D eigenvalue weighted by Gasteiger charge is -2.20. The zero-order valence-electron chi connectivity index (χ0n) is 11.0. The van der Waals surface area contributed by atoms with E-state index >= 15 is 0 Å². The van der Waals surface area contributed by atoms with Crippen LogP contribution in [0.2, 0.25) is 0 Å². The molecule has 0 heterocycles. The summed E-state index contributed by atoms with van der Waals surface area (Å²) in [6.07, 6.45) is 7.37. The molecular formula is C16H23N. The van der Waals surface area contributed by atoms with Gasteiger partial charge in [-0.05, 0) is 43.4 Å². The molecule has 1 aromatic rings. The van der Waals surface area contributed by atoms with Crippen LogP contribution in [-0.2, 0) is 6.42 Å². The van der Waals surface area contributed by atoms with E-state index in [0.717, 1.165) is 13.0 Å². The molecular weight excluding hydrogens is 206 g/mol. The Morgan fingerprint density at radius 2 is 1.94 bits per heavy atom. The van der Waals surface area contributed by atoms with Crippen molar-refractivity contribution in [3.05, 3.63) is 47.0 Å². The normalized spacial score (nSPS) is 16.9. The van der Waals surface area contributed by atoms with Gasteiger partial charge >= 0.3 is 0 Å². The molecule has 0 spiro atoms. The van der Waals surface area contributed by atoms with Crippen LogP contribution in [-0.4, -0.2) is 6.54 Å². The van der Waals surface area contributed by atoms with E-state index in [0.29, 0.717) is 6.04 Å². The summed E-state index contributed by atoms with van der Waals surface area (Å²) in [6.45, 7) is 5.41. The van der Waals surface area contributed by atoms with E-state index in [1.165, 1.54) is 30.4 Å². The number of rotatable bonds is 5. The molecule has 0 saturated heterocycles. The van der Waals surface area contributed by atoms with Crippen LogP contribution in [0.15, 0.2) is 35.9 Å². The molecule has 0 radical (unpaired) electrons. The number of allylic oxidation sites excluding steroid dienone is 1. The van der Waals surface area contributed by atoms with E-state index in [1.54, 1.807) is 5.57 Å². The molecule has 1 unspecified atom stereocenters. The standard InChI is InChI=1S/C16H23N/c1-3-13-9-11-15(12-10-13)16(17-4-2)14-7-5-6-8-14/h7,9-12,16-17H,3-6,8H2,1-2H3. The highest BCUT2D eigenvalue weighted by Gasteiger charge is 2.17. The number of hydrogen-bond donors (Lipinski definition) is 1. The number of aryl methyl sites for hydroxylation is 1. The number of hydrogen-bond acceptors (Lipinski definition) is 1. The van der Waals surface area contributed by atoms with Crippen molar-refractivity contribution in [2.75, 3.05) is 6.54 Å². The Kier molecular flexibility index (Phi) is 4.38. The van der Waals surface area contributed by atoms with Crippen LogP contribution >= 0.6 is 0 Å². The lowest BCUT2D eigenvalue weighted by atomic mass is 9.97. The monoisotopic (exact) mass is 229 g/mol. The minimum atomic E-state index is 0.438. The minimum absolute atomic E-state index is 0.438. The summed E-state index contributed by atoms with van der Waals surface area (Å²) in [5.74, 6) is 0. The second kappa shape index (κ2) is 6.02. The summed E-state index contributed by atoms with van der Waals surface area (Å²) >= 11 is 0. The Hall–Kier alpha value is -1.08. The Morgan fingerprint density at radius 3 is 2.47 bits per heavy atom. The largest absolute Gasteiger partial charge is 0.307 e. The predicted molar refractivity (Wildman–Crippen MR) is 74.2 cm³/mol. The van der Waals surface area contributed by atoms with Crippen molar-refractivity contribution in [3.63, 3.8) is 0 Å². The Labute approximate surface area is 105 Å². The summed E-state index contributed by atoms with van der Waals surface area (Å²) < 4.78 is 0. The Morgan fingerprint density at radius 1 is 1.18 bits per heavy atom. The maximum Gasteiger partial charge on any atom is 0.0535 e. The minimum Gasteiger partial charge on any atom is -0.307 e. The van der Waals surface area contributed by atoms with Gasteiger partial charge < -0.3 is 5.32 Å². The SMILES string of the molecule is CCNC(C1=CCCC1)c1ccc(CC)cc1. The maximum absolute atomic E-state index is 3.61. The fourth-order valence-electron chi connectivity index (χ4n) is 2.57. The molecule has 1 aromatic carbocycles. The van der Waals surface area contributed by atoms with Crippen molar-refractivity contribution in [3.8, 4) is 0 Å². The third kappa shape index (κ3) is 2.98. The second-order valence-electron chi connectivity index (χ2n) is 4.76. The van der Waals surface area contributed by atoms with Gasteiger partial charge in [-0.25, -0.2) is 0 Å². The third-order valence-electron chi connectivity index (χ3n) is 3.58. The molecule has 0 saturated carbocycles. The highest BCUT2D eigenvalue weighted by atomic mass is 14.9. The van der Waals surface area contributed by atoms with E-state index in [-0.39, 0.29) is 0 Å². The van der Waals surface area contributed by atoms with Crippen LogP contribution in [0.4, 0.5) is 0 Å². The molecule has 2 rings (SSSR count). The van der Waals surface area contributed by atoms with Crippen LogP contribution in [0.25, 0.3) is 0 Å². The van der Waals surface area contributed by atoms with Gasteiger partial charge in [0, 0.05) is 0 Å². The van der Waals surface area contributed by atoms with Crippen molar-refractivity contribution < 1.29 is 0 Å². The smallest absolute Gasteiger partial charge is 0.0535 e. The van der Waals surface area contributed by atoms with Crippen LogP contribution in [0.1, 0.15) is 50.3 Å². The van der Waals surface area contributed by atoms with Crippen molar-refractivity contribution in [2.24, 2.45) is 0 Å². The lowest BCUT2D eigenvalue weighted by Crippen LogP contribution is -2.22. The summed E-state index contributed by atoms with van der Waals surface area (Å²) in [6, 6.07) is 9.52. The predicted octanol–water partition coefficient (Wildman–Crippen LogP) is 4.01. The Bertz CT molecular complexity index is 375. The second-order valence-corrected chi connectivity index (χ2v) is 4.76. The first-order chi connectivity index (χ1) is 8.35. The van der Waals surface area contributed by atoms with Gasteiger partial charge in [0.2, 0.25) is 0 Å². The number of likely N-dealkylation sites (N-methyl/N-ethyl adjacent to an activating group) is 1. The number of benzene rings is 1. The summed E-state index contributed by atoms with van der Waals surface area (Å²) in [5, 5.41) is 3.61. The van der Waals surface area contributed by atoms with Gasteiger partial charge in [-0.15, -0.1) is 0 Å². The van der Waals surface area contributed by atoms with Crippen molar-refractivity contribution >= 4 is 0 Å². The molecule has 92 valence electrons. The molecule has 1 nitrogen and oxygen atoms in total. The van der Waals surface area contributed by atoms with Crippen molar-refractivity contribution in [1.82, 2.24) is 5.32 Å². The first-order valence-corrected chi connectivity index (χ1v) is 6.86. The van der Waals surface area contributed by atoms with Crippen molar-refractivity contribution in [2.45, 2.75) is 45.6 Å². The topological polar surface area (TPSA) is 12.0 Å². The van der Waals surface area contributed by atoms with E-state index in [4.69, 9.17) is 0 Å². The fraction of sp³-hybridized carbons (Fsp3) is 0.500. The first kappa shape index (κ1) is 12.4. The lowest BCUT2D eigenvalue weighted by molar-refractivity contribution is 0.605. The average Bonchev–Trinajstić information content (AvgIpc) is 2.90. The van der Waals surface area contributed by atoms with Gasteiger partial charge in [-0.3, -0.25) is 0 Å². The Balaban J connectivity index is 2.19. The van der Waals surface area contributed by atoms with Crippen LogP contribution < -0.4 is 5.32 Å². The molecule has 1 atom stereocenters. The third-order valence-corrected chi connectivity index (χ3v) is 3.58. The molecule has 1 aliphatic rings. The van der Waals surface area contributed by atoms with E-state index < -0.39 is 0 Å². The zero-order chi connectivity index (χ0) is 12.1. The van der Waals surface area contributed by atoms with Gasteiger partial charge in [0.25, 0.3) is 0 Å². The van der Waals surface area contributed by atoms with Crippen molar-refractivity contribution in [1.29, 1.82) is 0 Å². The van der Waals surface area contributed by atoms with E-state index in [2.05, 4.69) is 49.5 Å². The molecule has 0 bridgehead atoms. The molecule has 0 aliphatic heterocycles. The highest BCUT2D eigenvalue weighted by Crippen LogP contribution is 2.30. The molecule has 1 aliphatic carbocycles. The van der Waals surface area contributed by atoms with Gasteiger partial charge in [-0.2, -0.15) is 0 Å². The van der Waals surface area contributed by atoms with Crippen LogP contribution in [0.5, 0.6) is 0 Å². The maximum atomic E-state index is 3.61. The molecule has 0 aromatic heterocycles. The van der Waals surface area contributed by atoms with E-state index in [9.17, 15) is 0 Å². The zero-order valence-corrected chi connectivity index (χ0v) is 11.0. The highest BCUT2D eigenvalue weighted by molar-refractivity contribution is 5.32. The molecule has 1 heteroatoms. The molecule has 0 amide bonds. The van der Waals surface area contributed by atoms with Crippen LogP contribution in [0, 0.1) is 0 Å². The van der Waals surface area contributed by atoms with Gasteiger partial charge in [0.15, 0.2) is 0 Å². The molecule has 0 fully saturated rings. The van der Waals surface area contributed by atoms with Gasteiger partial charge in [0.05, 0.1) is 6.04 Å². The molecule has 17 heavy (non-hydrogen) atoms. The summed E-state index contributed by atoms with van der Waals surface area (Å²) in [7, 11) is 0. The van der Waals surface area contributed by atoms with Crippen LogP contribution in [0.3, 0.4) is 0 Å². The quantitative estimate of drug-likeness (QED) is 0.752. The summed E-state index contributed by atoms with van der Waals surface area (Å²) in [5.41, 5.74) is 4.41. The average molecular weight is 229 g/mol. The fourth-order valence-corrected chi connectivity index (χ4v) is 2.57. The molecule has 1 N–H and O–H groups in total. The number of nitrogens with one attached hydrogen (secondary N) is 1. The summed E-state index contributed by atoms with van der Waals surface area (Å²) in [4.78, 5) is 0. The first-order valence-electron chi connectivity index (χ1n) is 6.86. The van der Waals surface area contributed by atoms with Gasteiger partial charge in [0.1, 0.15) is 0 Å².